The summed E-state index contributed by atoms with van der Waals surface area (Å²) in [5.74, 6) is -0.259. The molecule has 1 aromatic rings. The Labute approximate surface area is 134 Å². The van der Waals surface area contributed by atoms with Gasteiger partial charge in [-0.15, -0.1) is 0 Å². The Kier molecular flexibility index (Phi) is 4.66. The Hall–Kier alpha value is -1.04. The molecule has 0 spiro atoms. The number of rotatable bonds is 3. The molecule has 1 unspecified atom stereocenters. The molecule has 1 aliphatic heterocycles. The van der Waals surface area contributed by atoms with Crippen LogP contribution in [0.3, 0.4) is 0 Å². The lowest BCUT2D eigenvalue weighted by Gasteiger charge is -2.22. The molecule has 0 aromatic heterocycles. The van der Waals surface area contributed by atoms with E-state index in [4.69, 9.17) is 23.2 Å². The Morgan fingerprint density at radius 1 is 1.29 bits per heavy atom. The molecular weight excluding hydrogens is 333 g/mol. The Morgan fingerprint density at radius 3 is 2.43 bits per heavy atom. The summed E-state index contributed by atoms with van der Waals surface area (Å²) < 4.78 is 23.0. The molecule has 1 atom stereocenters. The topological polar surface area (TPSA) is 63.2 Å². The van der Waals surface area contributed by atoms with Gasteiger partial charge in [-0.05, 0) is 43.2 Å². The van der Waals surface area contributed by atoms with Crippen LogP contribution < -0.4 is 5.32 Å². The van der Waals surface area contributed by atoms with Crippen molar-refractivity contribution in [2.45, 2.75) is 18.9 Å². The zero-order valence-corrected chi connectivity index (χ0v) is 13.7. The van der Waals surface area contributed by atoms with Gasteiger partial charge < -0.3 is 5.32 Å². The summed E-state index contributed by atoms with van der Waals surface area (Å²) in [7, 11) is -3.05. The normalized spacial score (nSPS) is 24.3. The minimum Gasteiger partial charge on any atom is -0.346 e. The molecule has 21 heavy (non-hydrogen) atoms. The number of hydrogen-bond donors (Lipinski definition) is 1. The lowest BCUT2D eigenvalue weighted by atomic mass is 10.0. The van der Waals surface area contributed by atoms with Crippen molar-refractivity contribution in [1.29, 1.82) is 0 Å². The van der Waals surface area contributed by atoms with E-state index >= 15 is 0 Å². The number of sulfone groups is 1. The number of nitrogens with one attached hydrogen (secondary N) is 1. The van der Waals surface area contributed by atoms with Crippen molar-refractivity contribution in [3.8, 4) is 0 Å². The third-order valence-electron chi connectivity index (χ3n) is 3.24. The molecule has 1 heterocycles. The summed E-state index contributed by atoms with van der Waals surface area (Å²) >= 11 is 11.7. The zero-order chi connectivity index (χ0) is 15.7. The van der Waals surface area contributed by atoms with Crippen LogP contribution in [0.2, 0.25) is 10.0 Å². The fourth-order valence-electron chi connectivity index (χ4n) is 2.29. The van der Waals surface area contributed by atoms with E-state index in [0.717, 1.165) is 0 Å². The Bertz CT molecular complexity index is 680. The monoisotopic (exact) mass is 347 g/mol. The third-order valence-corrected chi connectivity index (χ3v) is 5.58. The second-order valence-corrected chi connectivity index (χ2v) is 8.48. The molecule has 1 fully saturated rings. The van der Waals surface area contributed by atoms with Gasteiger partial charge in [0.2, 0.25) is 5.91 Å². The predicted molar refractivity (Wildman–Crippen MR) is 85.3 cm³/mol. The lowest BCUT2D eigenvalue weighted by molar-refractivity contribution is -0.117. The van der Waals surface area contributed by atoms with Crippen LogP contribution in [0.25, 0.3) is 6.08 Å². The van der Waals surface area contributed by atoms with E-state index in [1.807, 2.05) is 0 Å². The minimum absolute atomic E-state index is 0.0252. The molecule has 1 aromatic carbocycles. The first kappa shape index (κ1) is 16.3. The van der Waals surface area contributed by atoms with E-state index in [9.17, 15) is 13.2 Å². The van der Waals surface area contributed by atoms with Gasteiger partial charge in [-0.2, -0.15) is 0 Å². The second kappa shape index (κ2) is 5.99. The predicted octanol–water partition coefficient (Wildman–Crippen LogP) is 2.70. The van der Waals surface area contributed by atoms with Crippen molar-refractivity contribution in [3.05, 3.63) is 39.9 Å². The van der Waals surface area contributed by atoms with E-state index < -0.39 is 15.4 Å². The Morgan fingerprint density at radius 2 is 1.90 bits per heavy atom. The van der Waals surface area contributed by atoms with Gasteiger partial charge in [0.25, 0.3) is 0 Å². The van der Waals surface area contributed by atoms with Crippen molar-refractivity contribution in [2.24, 2.45) is 0 Å². The first-order valence-corrected chi connectivity index (χ1v) is 8.92. The first-order valence-electron chi connectivity index (χ1n) is 6.34. The molecule has 1 amide bonds. The van der Waals surface area contributed by atoms with Gasteiger partial charge in [-0.25, -0.2) is 8.42 Å². The maximum atomic E-state index is 11.9. The van der Waals surface area contributed by atoms with E-state index in [0.29, 0.717) is 22.0 Å². The fourth-order valence-corrected chi connectivity index (χ4v) is 4.93. The van der Waals surface area contributed by atoms with Crippen LogP contribution in [0.15, 0.2) is 24.3 Å². The maximum absolute atomic E-state index is 11.9. The molecule has 0 saturated carbocycles. The fraction of sp³-hybridized carbons (Fsp3) is 0.357. The van der Waals surface area contributed by atoms with Gasteiger partial charge in [-0.1, -0.05) is 23.2 Å². The first-order chi connectivity index (χ1) is 9.67. The van der Waals surface area contributed by atoms with Gasteiger partial charge >= 0.3 is 0 Å². The smallest absolute Gasteiger partial charge is 0.244 e. The summed E-state index contributed by atoms with van der Waals surface area (Å²) in [6.45, 7) is 1.74. The number of halogens is 2. The van der Waals surface area contributed by atoms with Gasteiger partial charge in [0.1, 0.15) is 0 Å². The molecule has 0 aliphatic carbocycles. The molecule has 2 rings (SSSR count). The number of carbonyl (C=O) groups excluding carboxylic acids is 1. The quantitative estimate of drug-likeness (QED) is 0.855. The number of carbonyl (C=O) groups is 1. The standard InChI is InChI=1S/C14H15Cl2NO3S/c1-14(4-5-21(19,20)9-14)17-13(18)3-2-10-6-11(15)8-12(16)7-10/h2-3,6-8H,4-5,9H2,1H3,(H,17,18)/b3-2+. The summed E-state index contributed by atoms with van der Waals surface area (Å²) in [5, 5.41) is 3.71. The third kappa shape index (κ3) is 4.73. The van der Waals surface area contributed by atoms with E-state index in [1.54, 1.807) is 31.2 Å². The van der Waals surface area contributed by atoms with Gasteiger partial charge in [0, 0.05) is 16.1 Å². The minimum atomic E-state index is -3.05. The highest BCUT2D eigenvalue weighted by molar-refractivity contribution is 7.91. The molecule has 7 heteroatoms. The van der Waals surface area contributed by atoms with Crippen LogP contribution in [0.4, 0.5) is 0 Å². The average molecular weight is 348 g/mol. The van der Waals surface area contributed by atoms with Crippen LogP contribution in [-0.2, 0) is 14.6 Å². The molecule has 0 radical (unpaired) electrons. The largest absolute Gasteiger partial charge is 0.346 e. The highest BCUT2D eigenvalue weighted by Crippen LogP contribution is 2.23. The zero-order valence-electron chi connectivity index (χ0n) is 11.4. The van der Waals surface area contributed by atoms with Gasteiger partial charge in [0.05, 0.1) is 17.0 Å². The average Bonchev–Trinajstić information content (AvgIpc) is 2.59. The van der Waals surface area contributed by atoms with Gasteiger partial charge in [0.15, 0.2) is 9.84 Å². The summed E-state index contributed by atoms with van der Waals surface area (Å²) in [6, 6.07) is 4.96. The van der Waals surface area contributed by atoms with Crippen LogP contribution in [0.1, 0.15) is 18.9 Å². The van der Waals surface area contributed by atoms with Crippen molar-refractivity contribution >= 4 is 45.0 Å². The van der Waals surface area contributed by atoms with Crippen LogP contribution in [0, 0.1) is 0 Å². The molecular formula is C14H15Cl2NO3S. The highest BCUT2D eigenvalue weighted by Gasteiger charge is 2.38. The van der Waals surface area contributed by atoms with Crippen molar-refractivity contribution in [3.63, 3.8) is 0 Å². The number of amides is 1. The van der Waals surface area contributed by atoms with E-state index in [2.05, 4.69) is 5.32 Å². The summed E-state index contributed by atoms with van der Waals surface area (Å²) in [6.07, 6.45) is 3.36. The van der Waals surface area contributed by atoms with Crippen LogP contribution in [0.5, 0.6) is 0 Å². The van der Waals surface area contributed by atoms with Gasteiger partial charge in [-0.3, -0.25) is 4.79 Å². The molecule has 4 nitrogen and oxygen atoms in total. The highest BCUT2D eigenvalue weighted by atomic mass is 35.5. The van der Waals surface area contributed by atoms with Crippen molar-refractivity contribution in [2.75, 3.05) is 11.5 Å². The van der Waals surface area contributed by atoms with E-state index in [-0.39, 0.29) is 17.4 Å². The number of benzene rings is 1. The van der Waals surface area contributed by atoms with E-state index in [1.165, 1.54) is 6.08 Å². The lowest BCUT2D eigenvalue weighted by Crippen LogP contribution is -2.46. The number of hydrogen-bond acceptors (Lipinski definition) is 3. The van der Waals surface area contributed by atoms with Crippen molar-refractivity contribution in [1.82, 2.24) is 5.32 Å². The van der Waals surface area contributed by atoms with Crippen LogP contribution in [-0.4, -0.2) is 31.4 Å². The molecule has 1 N–H and O–H groups in total. The molecule has 1 saturated heterocycles. The SMILES string of the molecule is CC1(NC(=O)/C=C/c2cc(Cl)cc(Cl)c2)CCS(=O)(=O)C1. The summed E-state index contributed by atoms with van der Waals surface area (Å²) in [4.78, 5) is 11.9. The second-order valence-electron chi connectivity index (χ2n) is 5.43. The van der Waals surface area contributed by atoms with Crippen molar-refractivity contribution < 1.29 is 13.2 Å². The molecule has 114 valence electrons. The molecule has 1 aliphatic rings. The molecule has 0 bridgehead atoms. The Balaban J connectivity index is 2.03. The summed E-state index contributed by atoms with van der Waals surface area (Å²) in [5.41, 5.74) is -0.00136. The van der Waals surface area contributed by atoms with Crippen LogP contribution >= 0.6 is 23.2 Å². The maximum Gasteiger partial charge on any atom is 0.244 e.